The van der Waals surface area contributed by atoms with Crippen LogP contribution in [0.4, 0.5) is 4.39 Å². The summed E-state index contributed by atoms with van der Waals surface area (Å²) in [5.74, 6) is -0.249. The summed E-state index contributed by atoms with van der Waals surface area (Å²) in [5, 5.41) is 3.02. The molecule has 24 heavy (non-hydrogen) atoms. The molecule has 1 aliphatic rings. The number of benzene rings is 1. The number of hydrogen-bond acceptors (Lipinski definition) is 1. The third kappa shape index (κ3) is 3.23. The molecule has 2 aromatic rings. The van der Waals surface area contributed by atoms with Crippen molar-refractivity contribution < 1.29 is 9.18 Å². The van der Waals surface area contributed by atoms with Crippen LogP contribution in [-0.4, -0.2) is 16.5 Å². The fourth-order valence-corrected chi connectivity index (χ4v) is 3.64. The van der Waals surface area contributed by atoms with Crippen LogP contribution in [-0.2, 0) is 19.4 Å². The minimum Gasteiger partial charge on any atom is -0.349 e. The van der Waals surface area contributed by atoms with E-state index >= 15 is 0 Å². The zero-order valence-corrected chi connectivity index (χ0v) is 14.7. The number of fused-ring (bicyclic) bond motifs is 1. The van der Waals surface area contributed by atoms with E-state index in [1.807, 2.05) is 13.8 Å². The van der Waals surface area contributed by atoms with Crippen molar-refractivity contribution in [2.75, 3.05) is 0 Å². The molecule has 0 atom stereocenters. The molecule has 0 unspecified atom stereocenters. The van der Waals surface area contributed by atoms with E-state index in [1.54, 1.807) is 12.1 Å². The highest BCUT2D eigenvalue weighted by Crippen LogP contribution is 2.30. The highest BCUT2D eigenvalue weighted by Gasteiger charge is 2.26. The first-order valence-electron chi connectivity index (χ1n) is 8.73. The van der Waals surface area contributed by atoms with Crippen molar-refractivity contribution in [1.29, 1.82) is 0 Å². The number of hydrogen-bond donors (Lipinski definition) is 1. The van der Waals surface area contributed by atoms with E-state index in [2.05, 4.69) is 16.8 Å². The molecule has 1 aromatic heterocycles. The van der Waals surface area contributed by atoms with Gasteiger partial charge in [0.05, 0.1) is 0 Å². The maximum absolute atomic E-state index is 13.2. The van der Waals surface area contributed by atoms with Crippen LogP contribution in [0.5, 0.6) is 0 Å². The molecule has 0 fully saturated rings. The van der Waals surface area contributed by atoms with Crippen molar-refractivity contribution in [2.24, 2.45) is 0 Å². The molecule has 3 nitrogen and oxygen atoms in total. The van der Waals surface area contributed by atoms with Gasteiger partial charge in [-0.05, 0) is 75.3 Å². The summed E-state index contributed by atoms with van der Waals surface area (Å²) in [5.41, 5.74) is 5.48. The van der Waals surface area contributed by atoms with Gasteiger partial charge < -0.3 is 9.88 Å². The van der Waals surface area contributed by atoms with Gasteiger partial charge in [0.25, 0.3) is 5.91 Å². The Kier molecular flexibility index (Phi) is 4.74. The number of nitrogens with zero attached hydrogens (tertiary/aromatic N) is 1. The van der Waals surface area contributed by atoms with Crippen molar-refractivity contribution in [1.82, 2.24) is 9.88 Å². The molecule has 1 N–H and O–H groups in total. The van der Waals surface area contributed by atoms with Crippen LogP contribution >= 0.6 is 0 Å². The molecule has 1 amide bonds. The van der Waals surface area contributed by atoms with Crippen molar-refractivity contribution >= 4 is 5.91 Å². The maximum Gasteiger partial charge on any atom is 0.268 e. The van der Waals surface area contributed by atoms with Crippen molar-refractivity contribution in [2.45, 2.75) is 59.0 Å². The second-order valence-corrected chi connectivity index (χ2v) is 6.95. The normalized spacial score (nSPS) is 13.9. The van der Waals surface area contributed by atoms with Gasteiger partial charge in [0, 0.05) is 18.3 Å². The highest BCUT2D eigenvalue weighted by atomic mass is 19.1. The van der Waals surface area contributed by atoms with Crippen molar-refractivity contribution in [3.05, 3.63) is 58.2 Å². The zero-order valence-electron chi connectivity index (χ0n) is 14.7. The number of rotatable bonds is 4. The van der Waals surface area contributed by atoms with Crippen molar-refractivity contribution in [3.8, 4) is 0 Å². The van der Waals surface area contributed by atoms with E-state index in [-0.39, 0.29) is 17.8 Å². The average molecular weight is 328 g/mol. The van der Waals surface area contributed by atoms with Gasteiger partial charge >= 0.3 is 0 Å². The van der Waals surface area contributed by atoms with E-state index in [4.69, 9.17) is 0 Å². The lowest BCUT2D eigenvalue weighted by molar-refractivity contribution is 0.0933. The molecular formula is C20H25FN2O. The number of carbonyl (C=O) groups is 1. The van der Waals surface area contributed by atoms with Gasteiger partial charge in [0.2, 0.25) is 0 Å². The Morgan fingerprint density at radius 1 is 1.21 bits per heavy atom. The third-order valence-corrected chi connectivity index (χ3v) is 4.73. The van der Waals surface area contributed by atoms with Gasteiger partial charge in [-0.3, -0.25) is 4.79 Å². The first kappa shape index (κ1) is 16.7. The minimum atomic E-state index is -0.234. The van der Waals surface area contributed by atoms with E-state index in [9.17, 15) is 9.18 Å². The Hall–Kier alpha value is -2.10. The Labute approximate surface area is 142 Å². The average Bonchev–Trinajstić information content (AvgIpc) is 2.82. The summed E-state index contributed by atoms with van der Waals surface area (Å²) in [4.78, 5) is 12.8. The standard InChI is InChI=1S/C20H25FN2O/c1-13(2)22-20(24)19-14(3)17-6-4-5-7-18(17)23(19)12-15-8-10-16(21)11-9-15/h8-11,13H,4-7,12H2,1-3H3,(H,22,24). The summed E-state index contributed by atoms with van der Waals surface area (Å²) in [6, 6.07) is 6.65. The lowest BCUT2D eigenvalue weighted by atomic mass is 9.95. The Morgan fingerprint density at radius 2 is 1.88 bits per heavy atom. The smallest absolute Gasteiger partial charge is 0.268 e. The predicted molar refractivity (Wildman–Crippen MR) is 93.9 cm³/mol. The van der Waals surface area contributed by atoms with Crippen LogP contribution < -0.4 is 5.32 Å². The van der Waals surface area contributed by atoms with Crippen LogP contribution in [0.3, 0.4) is 0 Å². The topological polar surface area (TPSA) is 34.0 Å². The summed E-state index contributed by atoms with van der Waals surface area (Å²) in [7, 11) is 0. The summed E-state index contributed by atoms with van der Waals surface area (Å²) in [6.45, 7) is 6.61. The Morgan fingerprint density at radius 3 is 2.54 bits per heavy atom. The monoisotopic (exact) mass is 328 g/mol. The fraction of sp³-hybridized carbons (Fsp3) is 0.450. The fourth-order valence-electron chi connectivity index (χ4n) is 3.64. The van der Waals surface area contributed by atoms with Gasteiger partial charge in [0.15, 0.2) is 0 Å². The van der Waals surface area contributed by atoms with Gasteiger partial charge in [-0.2, -0.15) is 0 Å². The van der Waals surface area contributed by atoms with Gasteiger partial charge in [-0.25, -0.2) is 4.39 Å². The SMILES string of the molecule is Cc1c2c(n(Cc3ccc(F)cc3)c1C(=O)NC(C)C)CCCC2. The number of halogens is 1. The number of nitrogens with one attached hydrogen (secondary N) is 1. The molecule has 3 rings (SSSR count). The largest absolute Gasteiger partial charge is 0.349 e. The van der Waals surface area contributed by atoms with Crippen LogP contribution in [0.1, 0.15) is 59.6 Å². The van der Waals surface area contributed by atoms with Crippen LogP contribution in [0.2, 0.25) is 0 Å². The molecular weight excluding hydrogens is 303 g/mol. The van der Waals surface area contributed by atoms with Gasteiger partial charge in [0.1, 0.15) is 11.5 Å². The van der Waals surface area contributed by atoms with Gasteiger partial charge in [-0.15, -0.1) is 0 Å². The number of amides is 1. The third-order valence-electron chi connectivity index (χ3n) is 4.73. The second kappa shape index (κ2) is 6.80. The molecule has 1 heterocycles. The summed E-state index contributed by atoms with van der Waals surface area (Å²) < 4.78 is 15.3. The Balaban J connectivity index is 2.04. The molecule has 128 valence electrons. The molecule has 0 aliphatic heterocycles. The van der Waals surface area contributed by atoms with Crippen LogP contribution in [0.25, 0.3) is 0 Å². The molecule has 0 radical (unpaired) electrons. The molecule has 0 bridgehead atoms. The van der Waals surface area contributed by atoms with Crippen molar-refractivity contribution in [3.63, 3.8) is 0 Å². The molecule has 1 aromatic carbocycles. The lowest BCUT2D eigenvalue weighted by Crippen LogP contribution is -2.32. The molecule has 0 spiro atoms. The van der Waals surface area contributed by atoms with E-state index in [0.717, 1.165) is 36.1 Å². The number of aromatic nitrogens is 1. The molecule has 0 saturated carbocycles. The minimum absolute atomic E-state index is 0.0148. The predicted octanol–water partition coefficient (Wildman–Crippen LogP) is 4.00. The van der Waals surface area contributed by atoms with Gasteiger partial charge in [-0.1, -0.05) is 12.1 Å². The maximum atomic E-state index is 13.2. The molecule has 4 heteroatoms. The van der Waals surface area contributed by atoms with E-state index in [1.165, 1.54) is 29.8 Å². The second-order valence-electron chi connectivity index (χ2n) is 6.95. The zero-order chi connectivity index (χ0) is 17.3. The number of carbonyl (C=O) groups excluding carboxylic acids is 1. The van der Waals surface area contributed by atoms with Crippen LogP contribution in [0.15, 0.2) is 24.3 Å². The molecule has 0 saturated heterocycles. The first-order chi connectivity index (χ1) is 11.5. The highest BCUT2D eigenvalue weighted by molar-refractivity contribution is 5.95. The lowest BCUT2D eigenvalue weighted by Gasteiger charge is -2.17. The molecule has 1 aliphatic carbocycles. The Bertz CT molecular complexity index is 744. The van der Waals surface area contributed by atoms with E-state index < -0.39 is 0 Å². The first-order valence-corrected chi connectivity index (χ1v) is 8.73. The summed E-state index contributed by atoms with van der Waals surface area (Å²) >= 11 is 0. The quantitative estimate of drug-likeness (QED) is 0.904. The van der Waals surface area contributed by atoms with E-state index in [0.29, 0.717) is 6.54 Å². The summed E-state index contributed by atoms with van der Waals surface area (Å²) in [6.07, 6.45) is 4.39. The van der Waals surface area contributed by atoms with Crippen LogP contribution in [0, 0.1) is 12.7 Å².